The van der Waals surface area contributed by atoms with Crippen molar-refractivity contribution in [1.82, 2.24) is 20.2 Å². The molecule has 4 rings (SSSR count). The van der Waals surface area contributed by atoms with Crippen LogP contribution in [0.5, 0.6) is 0 Å². The number of aromatic nitrogens is 4. The highest BCUT2D eigenvalue weighted by molar-refractivity contribution is 6.04. The van der Waals surface area contributed by atoms with E-state index in [1.165, 1.54) is 0 Å². The summed E-state index contributed by atoms with van der Waals surface area (Å²) in [4.78, 5) is 34.0. The first-order valence-corrected chi connectivity index (χ1v) is 10.4. The van der Waals surface area contributed by atoms with Crippen molar-refractivity contribution in [3.8, 4) is 22.6 Å². The minimum absolute atomic E-state index is 0.0826. The van der Waals surface area contributed by atoms with Crippen LogP contribution in [0.25, 0.3) is 33.5 Å². The van der Waals surface area contributed by atoms with Crippen LogP contribution >= 0.6 is 0 Å². The third kappa shape index (κ3) is 4.00. The number of carbonyl (C=O) groups is 2. The number of anilines is 2. The molecule has 2 aromatic heterocycles. The second-order valence-electron chi connectivity index (χ2n) is 8.86. The molecule has 0 radical (unpaired) electrons. The molecule has 2 amide bonds. The van der Waals surface area contributed by atoms with Gasteiger partial charge < -0.3 is 16.8 Å². The van der Waals surface area contributed by atoms with Crippen LogP contribution in [0.3, 0.4) is 0 Å². The number of rotatable bonds is 4. The van der Waals surface area contributed by atoms with Crippen molar-refractivity contribution in [1.29, 1.82) is 0 Å². The van der Waals surface area contributed by atoms with Crippen molar-refractivity contribution in [2.75, 3.05) is 11.1 Å². The number of para-hydroxylation sites is 1. The molecule has 2 heterocycles. The summed E-state index contributed by atoms with van der Waals surface area (Å²) in [7, 11) is 0. The molecule has 168 valence electrons. The highest BCUT2D eigenvalue weighted by Gasteiger charge is 2.25. The number of carbonyl (C=O) groups excluding carboxylic acids is 2. The van der Waals surface area contributed by atoms with Crippen LogP contribution in [0.1, 0.15) is 36.8 Å². The third-order valence-corrected chi connectivity index (χ3v) is 5.35. The SMILES string of the molecule is Cc1ccc2[nH]ncc2c1-c1nc(-c2ccccc2NC(=O)C(C)(C)C)nc(C(N)=O)c1N. The summed E-state index contributed by atoms with van der Waals surface area (Å²) < 4.78 is 0. The van der Waals surface area contributed by atoms with Crippen molar-refractivity contribution in [3.63, 3.8) is 0 Å². The summed E-state index contributed by atoms with van der Waals surface area (Å²) in [5.74, 6) is -0.719. The fraction of sp³-hybridized carbons (Fsp3) is 0.208. The lowest BCUT2D eigenvalue weighted by Crippen LogP contribution is -2.28. The molecular formula is C24H25N7O2. The molecule has 6 N–H and O–H groups in total. The van der Waals surface area contributed by atoms with Gasteiger partial charge in [0.2, 0.25) is 5.91 Å². The minimum atomic E-state index is -0.773. The Morgan fingerprint density at radius 1 is 1.06 bits per heavy atom. The minimum Gasteiger partial charge on any atom is -0.395 e. The average molecular weight is 444 g/mol. The monoisotopic (exact) mass is 443 g/mol. The standard InChI is InChI=1S/C24H25N7O2/c1-12-9-10-16-14(11-27-31-16)17(12)19-18(25)20(21(26)32)30-22(29-19)13-7-5-6-8-15(13)28-23(33)24(2,3)4/h5-11H,25H2,1-4H3,(H2,26,32)(H,27,31)(H,28,33). The van der Waals surface area contributed by atoms with Crippen molar-refractivity contribution in [2.24, 2.45) is 11.1 Å². The topological polar surface area (TPSA) is 153 Å². The number of H-pyrrole nitrogens is 1. The van der Waals surface area contributed by atoms with Gasteiger partial charge in [0, 0.05) is 21.9 Å². The van der Waals surface area contributed by atoms with E-state index in [0.29, 0.717) is 16.9 Å². The molecule has 0 aliphatic heterocycles. The maximum Gasteiger partial charge on any atom is 0.269 e. The fourth-order valence-corrected chi connectivity index (χ4v) is 3.51. The smallest absolute Gasteiger partial charge is 0.269 e. The second-order valence-corrected chi connectivity index (χ2v) is 8.86. The molecular weight excluding hydrogens is 418 g/mol. The molecule has 0 bridgehead atoms. The number of amides is 2. The van der Waals surface area contributed by atoms with E-state index in [0.717, 1.165) is 22.0 Å². The molecule has 9 nitrogen and oxygen atoms in total. The molecule has 4 aromatic rings. The van der Waals surface area contributed by atoms with Crippen LogP contribution < -0.4 is 16.8 Å². The average Bonchev–Trinajstić information content (AvgIpc) is 3.22. The number of benzene rings is 2. The molecule has 0 saturated heterocycles. The number of fused-ring (bicyclic) bond motifs is 1. The fourth-order valence-electron chi connectivity index (χ4n) is 3.51. The Labute approximate surface area is 190 Å². The Bertz CT molecular complexity index is 1400. The summed E-state index contributed by atoms with van der Waals surface area (Å²) in [6, 6.07) is 10.9. The van der Waals surface area contributed by atoms with Crippen LogP contribution in [0, 0.1) is 12.3 Å². The van der Waals surface area contributed by atoms with E-state index in [-0.39, 0.29) is 23.1 Å². The number of nitrogens with two attached hydrogens (primary N) is 2. The Morgan fingerprint density at radius 2 is 1.79 bits per heavy atom. The van der Waals surface area contributed by atoms with Gasteiger partial charge in [-0.25, -0.2) is 9.97 Å². The van der Waals surface area contributed by atoms with Gasteiger partial charge in [0.25, 0.3) is 5.91 Å². The number of primary amides is 1. The summed E-state index contributed by atoms with van der Waals surface area (Å²) in [5.41, 5.74) is 15.2. The molecule has 33 heavy (non-hydrogen) atoms. The molecule has 2 aromatic carbocycles. The van der Waals surface area contributed by atoms with Gasteiger partial charge in [0.1, 0.15) is 0 Å². The largest absolute Gasteiger partial charge is 0.395 e. The third-order valence-electron chi connectivity index (χ3n) is 5.35. The molecule has 0 aliphatic carbocycles. The number of aromatic amines is 1. The van der Waals surface area contributed by atoms with Crippen LogP contribution in [0.15, 0.2) is 42.6 Å². The van der Waals surface area contributed by atoms with E-state index in [4.69, 9.17) is 16.5 Å². The summed E-state index contributed by atoms with van der Waals surface area (Å²) in [6.07, 6.45) is 1.68. The number of nitrogens with one attached hydrogen (secondary N) is 2. The molecule has 0 spiro atoms. The van der Waals surface area contributed by atoms with Crippen LogP contribution in [0.4, 0.5) is 11.4 Å². The first-order valence-electron chi connectivity index (χ1n) is 10.4. The van der Waals surface area contributed by atoms with Gasteiger partial charge in [0.15, 0.2) is 11.5 Å². The Balaban J connectivity index is 1.97. The maximum atomic E-state index is 12.6. The van der Waals surface area contributed by atoms with Gasteiger partial charge >= 0.3 is 0 Å². The molecule has 0 fully saturated rings. The van der Waals surface area contributed by atoms with Gasteiger partial charge in [-0.05, 0) is 30.7 Å². The van der Waals surface area contributed by atoms with Gasteiger partial charge in [-0.1, -0.05) is 39.0 Å². The van der Waals surface area contributed by atoms with E-state index in [9.17, 15) is 9.59 Å². The molecule has 0 unspecified atom stereocenters. The first kappa shape index (κ1) is 21.9. The predicted octanol–water partition coefficient (Wildman–Crippen LogP) is 3.66. The Kier molecular flexibility index (Phi) is 5.33. The maximum absolute atomic E-state index is 12.6. The number of aryl methyl sites for hydroxylation is 1. The highest BCUT2D eigenvalue weighted by atomic mass is 16.2. The molecule has 0 atom stereocenters. The van der Waals surface area contributed by atoms with E-state index < -0.39 is 11.3 Å². The van der Waals surface area contributed by atoms with E-state index >= 15 is 0 Å². The number of hydrogen-bond donors (Lipinski definition) is 4. The summed E-state index contributed by atoms with van der Waals surface area (Å²) >= 11 is 0. The highest BCUT2D eigenvalue weighted by Crippen LogP contribution is 2.37. The zero-order chi connectivity index (χ0) is 23.9. The Morgan fingerprint density at radius 3 is 2.48 bits per heavy atom. The van der Waals surface area contributed by atoms with Crippen LogP contribution in [0.2, 0.25) is 0 Å². The Hall–Kier alpha value is -4.27. The molecule has 0 saturated carbocycles. The number of nitrogen functional groups attached to an aromatic ring is 1. The predicted molar refractivity (Wildman–Crippen MR) is 128 cm³/mol. The van der Waals surface area contributed by atoms with Crippen molar-refractivity contribution in [3.05, 3.63) is 53.9 Å². The quantitative estimate of drug-likeness (QED) is 0.377. The van der Waals surface area contributed by atoms with Gasteiger partial charge in [-0.3, -0.25) is 14.7 Å². The lowest BCUT2D eigenvalue weighted by atomic mass is 9.95. The normalized spacial score (nSPS) is 11.5. The van der Waals surface area contributed by atoms with Gasteiger partial charge in [-0.15, -0.1) is 0 Å². The van der Waals surface area contributed by atoms with Crippen LogP contribution in [-0.4, -0.2) is 32.0 Å². The molecule has 0 aliphatic rings. The zero-order valence-corrected chi connectivity index (χ0v) is 18.9. The van der Waals surface area contributed by atoms with Gasteiger partial charge in [0.05, 0.1) is 28.8 Å². The number of hydrogen-bond acceptors (Lipinski definition) is 6. The summed E-state index contributed by atoms with van der Waals surface area (Å²) in [5, 5.41) is 10.8. The van der Waals surface area contributed by atoms with Crippen molar-refractivity contribution in [2.45, 2.75) is 27.7 Å². The van der Waals surface area contributed by atoms with E-state index in [2.05, 4.69) is 20.5 Å². The molecule has 9 heteroatoms. The lowest BCUT2D eigenvalue weighted by Gasteiger charge is -2.19. The first-order chi connectivity index (χ1) is 15.6. The van der Waals surface area contributed by atoms with E-state index in [1.54, 1.807) is 30.5 Å². The van der Waals surface area contributed by atoms with Crippen molar-refractivity contribution < 1.29 is 9.59 Å². The van der Waals surface area contributed by atoms with Crippen molar-refractivity contribution >= 4 is 34.1 Å². The number of nitrogens with zero attached hydrogens (tertiary/aromatic N) is 3. The lowest BCUT2D eigenvalue weighted by molar-refractivity contribution is -0.123. The van der Waals surface area contributed by atoms with E-state index in [1.807, 2.05) is 39.8 Å². The second kappa shape index (κ2) is 8.01. The van der Waals surface area contributed by atoms with Crippen LogP contribution in [-0.2, 0) is 4.79 Å². The zero-order valence-electron chi connectivity index (χ0n) is 18.9. The van der Waals surface area contributed by atoms with Gasteiger partial charge in [-0.2, -0.15) is 5.10 Å². The summed E-state index contributed by atoms with van der Waals surface area (Å²) in [6.45, 7) is 7.39.